The van der Waals surface area contributed by atoms with Crippen molar-refractivity contribution in [1.82, 2.24) is 4.90 Å². The second-order valence-corrected chi connectivity index (χ2v) is 13.4. The number of aliphatic hydroxyl groups is 1. The van der Waals surface area contributed by atoms with E-state index >= 15 is 0 Å². The van der Waals surface area contributed by atoms with Crippen LogP contribution < -0.4 is 4.74 Å². The lowest BCUT2D eigenvalue weighted by molar-refractivity contribution is -0.263. The molecule has 2 N–H and O–H groups in total. The van der Waals surface area contributed by atoms with E-state index in [1.54, 1.807) is 7.11 Å². The van der Waals surface area contributed by atoms with E-state index in [1.165, 1.54) is 30.5 Å². The van der Waals surface area contributed by atoms with Crippen LogP contribution in [0.2, 0.25) is 0 Å². The first-order chi connectivity index (χ1) is 16.0. The number of ether oxygens (including phenoxy) is 2. The van der Waals surface area contributed by atoms with Crippen molar-refractivity contribution >= 4 is 0 Å². The van der Waals surface area contributed by atoms with Crippen LogP contribution in [0.25, 0.3) is 0 Å². The third kappa shape index (κ3) is 2.20. The summed E-state index contributed by atoms with van der Waals surface area (Å²) in [6.07, 6.45) is 10.0. The molecule has 0 amide bonds. The molecule has 184 valence electrons. The van der Waals surface area contributed by atoms with Gasteiger partial charge in [0.15, 0.2) is 11.5 Å². The lowest BCUT2D eigenvalue weighted by Crippen LogP contribution is -2.81. The average Bonchev–Trinajstić information content (AvgIpc) is 3.53. The Morgan fingerprint density at radius 2 is 1.94 bits per heavy atom. The number of phenols is 1. The minimum Gasteiger partial charge on any atom is -0.504 e. The molecule has 2 unspecified atom stereocenters. The highest BCUT2D eigenvalue weighted by molar-refractivity contribution is 5.65. The molecular weight excluding hydrogens is 426 g/mol. The molecule has 1 aromatic carbocycles. The molecule has 8 rings (SSSR count). The van der Waals surface area contributed by atoms with Crippen LogP contribution in [0.15, 0.2) is 24.3 Å². The third-order valence-corrected chi connectivity index (χ3v) is 11.3. The van der Waals surface area contributed by atoms with Gasteiger partial charge in [0, 0.05) is 36.6 Å². The number of phenolic OH excluding ortho intramolecular Hbond substituents is 1. The van der Waals surface area contributed by atoms with Crippen molar-refractivity contribution in [3.05, 3.63) is 35.4 Å². The predicted molar refractivity (Wildman–Crippen MR) is 130 cm³/mol. The number of hydrogen-bond acceptors (Lipinski definition) is 5. The fourth-order valence-corrected chi connectivity index (χ4v) is 8.94. The van der Waals surface area contributed by atoms with Crippen molar-refractivity contribution in [3.63, 3.8) is 0 Å². The summed E-state index contributed by atoms with van der Waals surface area (Å²) in [5, 5.41) is 23.1. The first-order valence-electron chi connectivity index (χ1n) is 13.3. The Morgan fingerprint density at radius 1 is 1.18 bits per heavy atom. The summed E-state index contributed by atoms with van der Waals surface area (Å²) in [5.74, 6) is 1.62. The van der Waals surface area contributed by atoms with E-state index in [1.807, 2.05) is 13.0 Å². The Labute approximate surface area is 203 Å². The van der Waals surface area contributed by atoms with E-state index in [0.717, 1.165) is 31.7 Å². The molecule has 0 radical (unpaired) electrons. The van der Waals surface area contributed by atoms with E-state index in [0.29, 0.717) is 11.8 Å². The maximum Gasteiger partial charge on any atom is 0.165 e. The maximum atomic E-state index is 12.2. The van der Waals surface area contributed by atoms with Crippen LogP contribution in [-0.2, 0) is 16.6 Å². The fourth-order valence-electron chi connectivity index (χ4n) is 8.94. The van der Waals surface area contributed by atoms with Gasteiger partial charge in [-0.05, 0) is 68.5 Å². The van der Waals surface area contributed by atoms with Crippen LogP contribution in [0, 0.1) is 22.7 Å². The minimum absolute atomic E-state index is 0.116. The van der Waals surface area contributed by atoms with Gasteiger partial charge in [-0.2, -0.15) is 0 Å². The van der Waals surface area contributed by atoms with Gasteiger partial charge in [0.2, 0.25) is 0 Å². The lowest BCUT2D eigenvalue weighted by Gasteiger charge is -2.73. The lowest BCUT2D eigenvalue weighted by atomic mass is 9.35. The molecule has 1 saturated heterocycles. The SMILES string of the molecule is CO[C@]12C=C[C@@]3(C[C@@H]1C(C)(O)C(C)(C)C)[C@H]1Cc4ccc(O)c5c4C3(CCN1CC1CC1)[C@H]2O5. The molecule has 3 fully saturated rings. The van der Waals surface area contributed by atoms with E-state index in [2.05, 4.69) is 43.9 Å². The topological polar surface area (TPSA) is 62.2 Å². The molecule has 2 heterocycles. The molecule has 4 bridgehead atoms. The Balaban J connectivity index is 1.49. The maximum absolute atomic E-state index is 12.2. The molecule has 34 heavy (non-hydrogen) atoms. The van der Waals surface area contributed by atoms with Crippen molar-refractivity contribution in [1.29, 1.82) is 0 Å². The third-order valence-electron chi connectivity index (χ3n) is 11.3. The molecule has 0 aromatic heterocycles. The molecule has 2 aliphatic heterocycles. The normalized spacial score (nSPS) is 43.4. The number of hydrogen-bond donors (Lipinski definition) is 2. The summed E-state index contributed by atoms with van der Waals surface area (Å²) in [6.45, 7) is 10.6. The molecule has 7 aliphatic rings. The number of nitrogens with zero attached hydrogens (tertiary/aromatic N) is 1. The van der Waals surface area contributed by atoms with E-state index < -0.39 is 11.2 Å². The first kappa shape index (κ1) is 21.7. The summed E-state index contributed by atoms with van der Waals surface area (Å²) < 4.78 is 13.3. The minimum atomic E-state index is -0.960. The number of likely N-dealkylation sites (tertiary alicyclic amines) is 1. The van der Waals surface area contributed by atoms with Crippen molar-refractivity contribution in [3.8, 4) is 11.5 Å². The Hall–Kier alpha value is -1.56. The molecule has 5 aliphatic carbocycles. The molecule has 2 spiro atoms. The predicted octanol–water partition coefficient (Wildman–Crippen LogP) is 4.19. The molecular formula is C29H39NO4. The second kappa shape index (κ2) is 6.22. The Kier molecular flexibility index (Phi) is 3.97. The zero-order chi connectivity index (χ0) is 23.9. The quantitative estimate of drug-likeness (QED) is 0.653. The van der Waals surface area contributed by atoms with E-state index in [4.69, 9.17) is 9.47 Å². The van der Waals surface area contributed by atoms with Crippen molar-refractivity contribution in [2.75, 3.05) is 20.2 Å². The monoisotopic (exact) mass is 465 g/mol. The molecule has 1 aromatic rings. The van der Waals surface area contributed by atoms with E-state index in [-0.39, 0.29) is 34.0 Å². The van der Waals surface area contributed by atoms with Crippen LogP contribution >= 0.6 is 0 Å². The summed E-state index contributed by atoms with van der Waals surface area (Å²) in [5.41, 5.74) is 0.165. The first-order valence-corrected chi connectivity index (χ1v) is 13.3. The van der Waals surface area contributed by atoms with Crippen molar-refractivity contribution in [2.45, 2.75) is 88.6 Å². The smallest absolute Gasteiger partial charge is 0.165 e. The zero-order valence-corrected chi connectivity index (χ0v) is 21.2. The van der Waals surface area contributed by atoms with Crippen LogP contribution in [0.1, 0.15) is 64.5 Å². The highest BCUT2D eigenvalue weighted by Crippen LogP contribution is 2.76. The summed E-state index contributed by atoms with van der Waals surface area (Å²) >= 11 is 0. The number of fused-ring (bicyclic) bond motifs is 1. The largest absolute Gasteiger partial charge is 0.504 e. The van der Waals surface area contributed by atoms with Crippen molar-refractivity contribution in [2.24, 2.45) is 22.7 Å². The van der Waals surface area contributed by atoms with Gasteiger partial charge in [0.05, 0.1) is 11.0 Å². The van der Waals surface area contributed by atoms with Gasteiger partial charge >= 0.3 is 0 Å². The van der Waals surface area contributed by atoms with E-state index in [9.17, 15) is 10.2 Å². The van der Waals surface area contributed by atoms with Crippen LogP contribution in [0.3, 0.4) is 0 Å². The summed E-state index contributed by atoms with van der Waals surface area (Å²) in [4.78, 5) is 2.77. The average molecular weight is 466 g/mol. The Bertz CT molecular complexity index is 1100. The van der Waals surface area contributed by atoms with Gasteiger partial charge in [-0.1, -0.05) is 39.0 Å². The van der Waals surface area contributed by atoms with Gasteiger partial charge < -0.3 is 19.7 Å². The molecule has 2 saturated carbocycles. The number of benzene rings is 1. The molecule has 5 nitrogen and oxygen atoms in total. The van der Waals surface area contributed by atoms with Gasteiger partial charge in [0.1, 0.15) is 11.7 Å². The van der Waals surface area contributed by atoms with Gasteiger partial charge in [-0.3, -0.25) is 4.90 Å². The van der Waals surface area contributed by atoms with Crippen LogP contribution in [-0.4, -0.2) is 58.7 Å². The van der Waals surface area contributed by atoms with Crippen LogP contribution in [0.4, 0.5) is 0 Å². The molecule has 5 heteroatoms. The highest BCUT2D eigenvalue weighted by atomic mass is 16.6. The molecule has 7 atom stereocenters. The summed E-state index contributed by atoms with van der Waals surface area (Å²) in [6, 6.07) is 4.33. The highest BCUT2D eigenvalue weighted by Gasteiger charge is 2.81. The number of methoxy groups -OCH3 is 1. The van der Waals surface area contributed by atoms with Crippen molar-refractivity contribution < 1.29 is 19.7 Å². The van der Waals surface area contributed by atoms with Gasteiger partial charge in [-0.15, -0.1) is 0 Å². The van der Waals surface area contributed by atoms with Gasteiger partial charge in [-0.25, -0.2) is 0 Å². The van der Waals surface area contributed by atoms with Gasteiger partial charge in [0.25, 0.3) is 0 Å². The standard InChI is InChI=1S/C29H39NO4/c1-25(2,3)26(4,32)20-15-27-10-11-29(20,33-5)24-28(27)12-13-30(16-17-6-7-17)21(27)14-18-8-9-19(31)23(34-24)22(18)28/h8-11,17,20-21,24,31-32H,6-7,12-16H2,1-5H3/t20-,21-,24-,26?,27-,28?,29-/m1/s1. The zero-order valence-electron chi connectivity index (χ0n) is 21.2. The number of piperidine rings is 1. The van der Waals surface area contributed by atoms with Crippen LogP contribution in [0.5, 0.6) is 11.5 Å². The number of aromatic hydroxyl groups is 1. The second-order valence-electron chi connectivity index (χ2n) is 13.4. The Morgan fingerprint density at radius 3 is 2.62 bits per heavy atom. The number of rotatable bonds is 4. The fraction of sp³-hybridized carbons (Fsp3) is 0.724. The summed E-state index contributed by atoms with van der Waals surface area (Å²) in [7, 11) is 1.78.